The molecule has 0 amide bonds. The molecule has 0 aliphatic rings. The van der Waals surface area contributed by atoms with Gasteiger partial charge in [0.25, 0.3) is 0 Å². The number of rotatable bonds is 5. The van der Waals surface area contributed by atoms with Crippen LogP contribution in [0.4, 0.5) is 10.1 Å². The maximum atomic E-state index is 13.6. The van der Waals surface area contributed by atoms with Crippen molar-refractivity contribution in [2.24, 2.45) is 5.92 Å². The minimum atomic E-state index is -3.66. The highest BCUT2D eigenvalue weighted by Crippen LogP contribution is 2.30. The number of aryl methyl sites for hydroxylation is 1. The second kappa shape index (κ2) is 6.10. The lowest BCUT2D eigenvalue weighted by Gasteiger charge is -2.25. The van der Waals surface area contributed by atoms with Gasteiger partial charge in [0.2, 0.25) is 10.0 Å². The number of halogens is 1. The zero-order chi connectivity index (χ0) is 15.7. The van der Waals surface area contributed by atoms with Gasteiger partial charge in [-0.2, -0.15) is 4.31 Å². The Morgan fingerprint density at radius 1 is 1.35 bits per heavy atom. The maximum absolute atomic E-state index is 13.6. The second-order valence-corrected chi connectivity index (χ2v) is 7.27. The lowest BCUT2D eigenvalue weighted by molar-refractivity contribution is 0.380. The van der Waals surface area contributed by atoms with E-state index in [1.807, 2.05) is 13.8 Å². The average molecular weight is 302 g/mol. The van der Waals surface area contributed by atoms with Crippen molar-refractivity contribution in [1.29, 1.82) is 0 Å². The van der Waals surface area contributed by atoms with Gasteiger partial charge in [-0.25, -0.2) is 12.8 Å². The standard InChI is InChI=1S/C14H23FN2O2S/c1-6-17(8-9(2)3)20(18,19)14-10(4)7-12(15)13(16)11(14)5/h7,9H,6,8,16H2,1-5H3. The zero-order valence-corrected chi connectivity index (χ0v) is 13.5. The Kier molecular flexibility index (Phi) is 5.15. The highest BCUT2D eigenvalue weighted by molar-refractivity contribution is 7.89. The van der Waals surface area contributed by atoms with Crippen molar-refractivity contribution < 1.29 is 12.8 Å². The summed E-state index contributed by atoms with van der Waals surface area (Å²) < 4.78 is 40.5. The van der Waals surface area contributed by atoms with Crippen LogP contribution in [0, 0.1) is 25.6 Å². The Labute approximate surface area is 120 Å². The highest BCUT2D eigenvalue weighted by atomic mass is 32.2. The quantitative estimate of drug-likeness (QED) is 0.851. The number of nitrogens with zero attached hydrogens (tertiary/aromatic N) is 1. The summed E-state index contributed by atoms with van der Waals surface area (Å²) >= 11 is 0. The molecule has 0 atom stereocenters. The van der Waals surface area contributed by atoms with Crippen LogP contribution < -0.4 is 5.73 Å². The first-order valence-electron chi connectivity index (χ1n) is 6.68. The third-order valence-corrected chi connectivity index (χ3v) is 5.45. The van der Waals surface area contributed by atoms with Gasteiger partial charge < -0.3 is 5.73 Å². The SMILES string of the molecule is CCN(CC(C)C)S(=O)(=O)c1c(C)cc(F)c(N)c1C. The fourth-order valence-corrected chi connectivity index (χ4v) is 4.32. The molecule has 0 radical (unpaired) electrons. The molecule has 20 heavy (non-hydrogen) atoms. The number of hydrogen-bond acceptors (Lipinski definition) is 3. The number of sulfonamides is 1. The third kappa shape index (κ3) is 3.12. The van der Waals surface area contributed by atoms with Crippen LogP contribution in [0.5, 0.6) is 0 Å². The number of benzene rings is 1. The molecular weight excluding hydrogens is 279 g/mol. The van der Waals surface area contributed by atoms with Crippen LogP contribution in [0.1, 0.15) is 31.9 Å². The van der Waals surface area contributed by atoms with Crippen LogP contribution in [0.25, 0.3) is 0 Å². The Balaban J connectivity index is 3.46. The van der Waals surface area contributed by atoms with E-state index < -0.39 is 15.8 Å². The molecule has 6 heteroatoms. The highest BCUT2D eigenvalue weighted by Gasteiger charge is 2.28. The van der Waals surface area contributed by atoms with Gasteiger partial charge in [-0.1, -0.05) is 20.8 Å². The molecule has 1 rings (SSSR count). The lowest BCUT2D eigenvalue weighted by atomic mass is 10.1. The van der Waals surface area contributed by atoms with Crippen molar-refractivity contribution in [3.8, 4) is 0 Å². The van der Waals surface area contributed by atoms with Crippen molar-refractivity contribution >= 4 is 15.7 Å². The molecule has 0 aromatic heterocycles. The van der Waals surface area contributed by atoms with E-state index in [9.17, 15) is 12.8 Å². The normalized spacial score (nSPS) is 12.4. The van der Waals surface area contributed by atoms with Crippen molar-refractivity contribution in [2.75, 3.05) is 18.8 Å². The van der Waals surface area contributed by atoms with Gasteiger partial charge >= 0.3 is 0 Å². The molecule has 0 heterocycles. The number of nitrogens with two attached hydrogens (primary N) is 1. The van der Waals surface area contributed by atoms with Gasteiger partial charge in [-0.05, 0) is 37.0 Å². The second-order valence-electron chi connectivity index (χ2n) is 5.39. The zero-order valence-electron chi connectivity index (χ0n) is 12.7. The molecule has 114 valence electrons. The van der Waals surface area contributed by atoms with Crippen LogP contribution in [0.2, 0.25) is 0 Å². The summed E-state index contributed by atoms with van der Waals surface area (Å²) in [4.78, 5) is 0.124. The van der Waals surface area contributed by atoms with E-state index in [0.717, 1.165) is 0 Å². The largest absolute Gasteiger partial charge is 0.396 e. The molecule has 0 aliphatic carbocycles. The summed E-state index contributed by atoms with van der Waals surface area (Å²) in [6, 6.07) is 1.18. The van der Waals surface area contributed by atoms with Gasteiger partial charge in [0.1, 0.15) is 5.82 Å². The van der Waals surface area contributed by atoms with E-state index in [2.05, 4.69) is 0 Å². The van der Waals surface area contributed by atoms with E-state index in [0.29, 0.717) is 18.7 Å². The van der Waals surface area contributed by atoms with Gasteiger partial charge in [-0.3, -0.25) is 0 Å². The minimum absolute atomic E-state index is 0.102. The van der Waals surface area contributed by atoms with Crippen LogP contribution in [0.15, 0.2) is 11.0 Å². The van der Waals surface area contributed by atoms with Crippen LogP contribution in [-0.4, -0.2) is 25.8 Å². The summed E-state index contributed by atoms with van der Waals surface area (Å²) in [5.74, 6) is -0.367. The third-order valence-electron chi connectivity index (χ3n) is 3.22. The Bertz CT molecular complexity index is 598. The van der Waals surface area contributed by atoms with Crippen molar-refractivity contribution in [3.63, 3.8) is 0 Å². The van der Waals surface area contributed by atoms with Crippen LogP contribution in [-0.2, 0) is 10.0 Å². The number of hydrogen-bond donors (Lipinski definition) is 1. The van der Waals surface area contributed by atoms with Gasteiger partial charge in [0.15, 0.2) is 0 Å². The first kappa shape index (κ1) is 16.9. The fraction of sp³-hybridized carbons (Fsp3) is 0.571. The predicted octanol–water partition coefficient (Wildman–Crippen LogP) is 2.69. The molecule has 0 saturated carbocycles. The maximum Gasteiger partial charge on any atom is 0.243 e. The van der Waals surface area contributed by atoms with Gasteiger partial charge in [-0.15, -0.1) is 0 Å². The number of nitrogen functional groups attached to an aromatic ring is 1. The Morgan fingerprint density at radius 3 is 2.35 bits per heavy atom. The van der Waals surface area contributed by atoms with Crippen LogP contribution in [0.3, 0.4) is 0 Å². The molecule has 0 fully saturated rings. The molecule has 0 bridgehead atoms. The molecule has 1 aromatic carbocycles. The predicted molar refractivity (Wildman–Crippen MR) is 79.6 cm³/mol. The molecule has 1 aromatic rings. The van der Waals surface area contributed by atoms with Crippen molar-refractivity contribution in [2.45, 2.75) is 39.5 Å². The summed E-state index contributed by atoms with van der Waals surface area (Å²) in [5, 5.41) is 0. The van der Waals surface area contributed by atoms with E-state index >= 15 is 0 Å². The van der Waals surface area contributed by atoms with Gasteiger partial charge in [0, 0.05) is 13.1 Å². The fourth-order valence-electron chi connectivity index (χ4n) is 2.26. The number of anilines is 1. The summed E-state index contributed by atoms with van der Waals surface area (Å²) in [6.45, 7) is 9.63. The summed E-state index contributed by atoms with van der Waals surface area (Å²) in [7, 11) is -3.66. The molecular formula is C14H23FN2O2S. The summed E-state index contributed by atoms with van der Waals surface area (Å²) in [6.07, 6.45) is 0. The summed E-state index contributed by atoms with van der Waals surface area (Å²) in [5.41, 5.74) is 6.20. The molecule has 2 N–H and O–H groups in total. The van der Waals surface area contributed by atoms with Crippen LogP contribution >= 0.6 is 0 Å². The topological polar surface area (TPSA) is 63.4 Å². The van der Waals surface area contributed by atoms with E-state index in [-0.39, 0.29) is 22.1 Å². The molecule has 0 aliphatic heterocycles. The van der Waals surface area contributed by atoms with E-state index in [1.54, 1.807) is 20.8 Å². The average Bonchev–Trinajstić information content (AvgIpc) is 2.32. The van der Waals surface area contributed by atoms with E-state index in [4.69, 9.17) is 5.73 Å². The first-order valence-corrected chi connectivity index (χ1v) is 8.12. The van der Waals surface area contributed by atoms with Crippen molar-refractivity contribution in [1.82, 2.24) is 4.31 Å². The minimum Gasteiger partial charge on any atom is -0.396 e. The van der Waals surface area contributed by atoms with Crippen molar-refractivity contribution in [3.05, 3.63) is 23.0 Å². The molecule has 0 saturated heterocycles. The lowest BCUT2D eigenvalue weighted by Crippen LogP contribution is -2.35. The Morgan fingerprint density at radius 2 is 1.90 bits per heavy atom. The molecule has 0 unspecified atom stereocenters. The molecule has 0 spiro atoms. The monoisotopic (exact) mass is 302 g/mol. The Hall–Kier alpha value is -1.14. The first-order chi connectivity index (χ1) is 9.12. The van der Waals surface area contributed by atoms with Gasteiger partial charge in [0.05, 0.1) is 10.6 Å². The smallest absolute Gasteiger partial charge is 0.243 e. The molecule has 4 nitrogen and oxygen atoms in total. The van der Waals surface area contributed by atoms with E-state index in [1.165, 1.54) is 10.4 Å².